The Morgan fingerprint density at radius 1 is 1.37 bits per heavy atom. The van der Waals surface area contributed by atoms with Crippen LogP contribution in [0.4, 0.5) is 0 Å². The minimum absolute atomic E-state index is 0.0276. The van der Waals surface area contributed by atoms with Crippen LogP contribution in [0.5, 0.6) is 5.75 Å². The number of carbonyl (C=O) groups is 1. The molecular formula is C24H34O6. The molecule has 1 heterocycles. The Hall–Kier alpha value is -1.89. The Kier molecular flexibility index (Phi) is 8.31. The van der Waals surface area contributed by atoms with Crippen LogP contribution in [0, 0.1) is 24.7 Å². The molecule has 1 aromatic carbocycles. The van der Waals surface area contributed by atoms with E-state index in [1.807, 2.05) is 37.3 Å². The van der Waals surface area contributed by atoms with Gasteiger partial charge in [-0.1, -0.05) is 24.3 Å². The van der Waals surface area contributed by atoms with Gasteiger partial charge in [-0.3, -0.25) is 4.79 Å². The van der Waals surface area contributed by atoms with Crippen molar-refractivity contribution >= 4 is 5.97 Å². The zero-order valence-electron chi connectivity index (χ0n) is 17.7. The van der Waals surface area contributed by atoms with E-state index in [9.17, 15) is 15.0 Å². The first-order valence-corrected chi connectivity index (χ1v) is 11.0. The third-order valence-electron chi connectivity index (χ3n) is 6.31. The number of aliphatic hydroxyl groups excluding tert-OH is 2. The van der Waals surface area contributed by atoms with Crippen LogP contribution in [0.15, 0.2) is 36.4 Å². The number of rotatable bonds is 9. The highest BCUT2D eigenvalue weighted by atomic mass is 16.5. The molecule has 2 fully saturated rings. The lowest BCUT2D eigenvalue weighted by molar-refractivity contribution is -0.137. The number of hydrogen-bond acceptors (Lipinski definition) is 5. The van der Waals surface area contributed by atoms with Gasteiger partial charge < -0.3 is 24.8 Å². The molecule has 1 aromatic rings. The van der Waals surface area contributed by atoms with Crippen LogP contribution in [0.1, 0.15) is 44.1 Å². The molecule has 0 spiro atoms. The fourth-order valence-corrected chi connectivity index (χ4v) is 4.68. The van der Waals surface area contributed by atoms with Crippen LogP contribution in [-0.2, 0) is 9.53 Å². The number of ether oxygens (including phenoxy) is 2. The second-order valence-electron chi connectivity index (χ2n) is 8.73. The smallest absolute Gasteiger partial charge is 0.303 e. The molecule has 0 bridgehead atoms. The number of fused-ring (bicyclic) bond motifs is 1. The van der Waals surface area contributed by atoms with Crippen LogP contribution < -0.4 is 4.74 Å². The van der Waals surface area contributed by atoms with E-state index < -0.39 is 18.2 Å². The topological polar surface area (TPSA) is 96.2 Å². The molecule has 1 aliphatic carbocycles. The summed E-state index contributed by atoms with van der Waals surface area (Å²) in [5.41, 5.74) is 1.10. The molecule has 3 rings (SSSR count). The van der Waals surface area contributed by atoms with Crippen molar-refractivity contribution in [3.63, 3.8) is 0 Å². The highest BCUT2D eigenvalue weighted by Crippen LogP contribution is 2.42. The average Bonchev–Trinajstić information content (AvgIpc) is 2.86. The Balaban J connectivity index is 1.49. The Labute approximate surface area is 178 Å². The minimum atomic E-state index is -0.750. The van der Waals surface area contributed by atoms with E-state index in [1.165, 1.54) is 0 Å². The minimum Gasteiger partial charge on any atom is -0.491 e. The van der Waals surface area contributed by atoms with Crippen LogP contribution in [-0.4, -0.2) is 52.8 Å². The Morgan fingerprint density at radius 3 is 2.97 bits per heavy atom. The summed E-state index contributed by atoms with van der Waals surface area (Å²) in [5, 5.41) is 29.6. The number of aryl methyl sites for hydroxylation is 1. The monoisotopic (exact) mass is 418 g/mol. The SMILES string of the molecule is Cc1cccc(OC[C@H](O)C=C[C@@H]2[C@H]3CC[C@H](CCCC(=O)O)CO[C@H]3C[C@H]2O)c1. The van der Waals surface area contributed by atoms with Gasteiger partial charge in [-0.25, -0.2) is 0 Å². The summed E-state index contributed by atoms with van der Waals surface area (Å²) < 4.78 is 11.7. The lowest BCUT2D eigenvalue weighted by atomic mass is 9.86. The second kappa shape index (κ2) is 10.9. The van der Waals surface area contributed by atoms with Gasteiger partial charge in [-0.05, 0) is 62.1 Å². The molecule has 0 amide bonds. The van der Waals surface area contributed by atoms with E-state index in [2.05, 4.69) is 0 Å². The van der Waals surface area contributed by atoms with Crippen LogP contribution in [0.2, 0.25) is 0 Å². The molecular weight excluding hydrogens is 384 g/mol. The highest BCUT2D eigenvalue weighted by molar-refractivity contribution is 5.66. The van der Waals surface area contributed by atoms with E-state index >= 15 is 0 Å². The number of carboxylic acid groups (broad SMARTS) is 1. The van der Waals surface area contributed by atoms with E-state index in [0.717, 1.165) is 30.6 Å². The van der Waals surface area contributed by atoms with Crippen LogP contribution in [0.25, 0.3) is 0 Å². The molecule has 0 unspecified atom stereocenters. The van der Waals surface area contributed by atoms with Gasteiger partial charge in [0.1, 0.15) is 18.5 Å². The van der Waals surface area contributed by atoms with Crippen LogP contribution in [0.3, 0.4) is 0 Å². The maximum Gasteiger partial charge on any atom is 0.303 e. The standard InChI is InChI=1S/C24H34O6/c1-16-4-2-6-19(12-16)29-15-18(25)9-11-20-21-10-8-17(5-3-7-24(27)28)14-30-23(21)13-22(20)26/h2,4,6,9,11-12,17-18,20-23,25-26H,3,5,7-8,10,13-15H2,1H3,(H,27,28)/t17-,18+,20+,21+,22+,23-/m0/s1. The first kappa shape index (κ1) is 22.8. The van der Waals surface area contributed by atoms with Crippen molar-refractivity contribution in [1.29, 1.82) is 0 Å². The molecule has 0 radical (unpaired) electrons. The second-order valence-corrected chi connectivity index (χ2v) is 8.73. The maximum absolute atomic E-state index is 10.7. The molecule has 6 nitrogen and oxygen atoms in total. The Morgan fingerprint density at radius 2 is 2.20 bits per heavy atom. The first-order valence-electron chi connectivity index (χ1n) is 11.0. The number of aliphatic hydroxyl groups is 2. The van der Waals surface area contributed by atoms with Crippen molar-refractivity contribution in [3.05, 3.63) is 42.0 Å². The van der Waals surface area contributed by atoms with Gasteiger partial charge in [0, 0.05) is 25.4 Å². The first-order chi connectivity index (χ1) is 14.4. The van der Waals surface area contributed by atoms with Crippen molar-refractivity contribution in [2.24, 2.45) is 17.8 Å². The van der Waals surface area contributed by atoms with Gasteiger partial charge in [0.15, 0.2) is 0 Å². The number of carboxylic acids is 1. The maximum atomic E-state index is 10.7. The molecule has 1 saturated heterocycles. The molecule has 30 heavy (non-hydrogen) atoms. The molecule has 166 valence electrons. The van der Waals surface area contributed by atoms with E-state index in [-0.39, 0.29) is 31.0 Å². The summed E-state index contributed by atoms with van der Waals surface area (Å²) in [5.74, 6) is 0.547. The molecule has 0 aromatic heterocycles. The number of benzene rings is 1. The third-order valence-corrected chi connectivity index (χ3v) is 6.31. The Bertz CT molecular complexity index is 717. The zero-order chi connectivity index (χ0) is 21.5. The van der Waals surface area contributed by atoms with Gasteiger partial charge in [-0.2, -0.15) is 0 Å². The lowest BCUT2D eigenvalue weighted by Crippen LogP contribution is -2.22. The van der Waals surface area contributed by atoms with Gasteiger partial charge in [0.2, 0.25) is 0 Å². The fourth-order valence-electron chi connectivity index (χ4n) is 4.68. The van der Waals surface area contributed by atoms with Crippen molar-refractivity contribution < 1.29 is 29.6 Å². The predicted molar refractivity (Wildman–Crippen MR) is 113 cm³/mol. The molecule has 6 atom stereocenters. The van der Waals surface area contributed by atoms with Gasteiger partial charge in [0.05, 0.1) is 12.2 Å². The van der Waals surface area contributed by atoms with Crippen molar-refractivity contribution in [2.45, 2.75) is 63.8 Å². The molecule has 6 heteroatoms. The highest BCUT2D eigenvalue weighted by Gasteiger charge is 2.43. The lowest BCUT2D eigenvalue weighted by Gasteiger charge is -2.21. The summed E-state index contributed by atoms with van der Waals surface area (Å²) in [7, 11) is 0. The molecule has 3 N–H and O–H groups in total. The summed E-state index contributed by atoms with van der Waals surface area (Å²) in [6.07, 6.45) is 6.75. The summed E-state index contributed by atoms with van der Waals surface area (Å²) in [4.78, 5) is 10.7. The normalized spacial score (nSPS) is 30.0. The van der Waals surface area contributed by atoms with E-state index in [4.69, 9.17) is 14.6 Å². The number of aliphatic carboxylic acids is 1. The van der Waals surface area contributed by atoms with E-state index in [1.54, 1.807) is 6.08 Å². The molecule has 1 aliphatic heterocycles. The zero-order valence-corrected chi connectivity index (χ0v) is 17.7. The summed E-state index contributed by atoms with van der Waals surface area (Å²) in [6.45, 7) is 2.79. The molecule has 1 saturated carbocycles. The quantitative estimate of drug-likeness (QED) is 0.532. The van der Waals surface area contributed by atoms with Crippen molar-refractivity contribution in [1.82, 2.24) is 0 Å². The van der Waals surface area contributed by atoms with Crippen molar-refractivity contribution in [3.8, 4) is 5.75 Å². The average molecular weight is 419 g/mol. The fraction of sp³-hybridized carbons (Fsp3) is 0.625. The largest absolute Gasteiger partial charge is 0.491 e. The summed E-state index contributed by atoms with van der Waals surface area (Å²) in [6, 6.07) is 7.71. The van der Waals surface area contributed by atoms with Gasteiger partial charge >= 0.3 is 5.97 Å². The van der Waals surface area contributed by atoms with Gasteiger partial charge in [0.25, 0.3) is 0 Å². The predicted octanol–water partition coefficient (Wildman–Crippen LogP) is 3.34. The van der Waals surface area contributed by atoms with E-state index in [0.29, 0.717) is 25.4 Å². The number of hydrogen-bond donors (Lipinski definition) is 3. The third kappa shape index (κ3) is 6.56. The van der Waals surface area contributed by atoms with Crippen LogP contribution >= 0.6 is 0 Å². The van der Waals surface area contributed by atoms with Gasteiger partial charge in [-0.15, -0.1) is 0 Å². The van der Waals surface area contributed by atoms with Crippen molar-refractivity contribution in [2.75, 3.05) is 13.2 Å². The summed E-state index contributed by atoms with van der Waals surface area (Å²) >= 11 is 0. The molecule has 2 aliphatic rings.